The Bertz CT molecular complexity index is 473. The van der Waals surface area contributed by atoms with Crippen LogP contribution in [0.2, 0.25) is 0 Å². The Labute approximate surface area is 115 Å². The second kappa shape index (κ2) is 7.12. The Morgan fingerprint density at radius 2 is 2.10 bits per heavy atom. The number of carbonyl (C=O) groups excluding carboxylic acids is 2. The maximum Gasteiger partial charge on any atom is 0.326 e. The molecule has 0 spiro atoms. The first-order chi connectivity index (χ1) is 9.43. The number of H-pyrrole nitrogens is 1. The van der Waals surface area contributed by atoms with Crippen molar-refractivity contribution < 1.29 is 19.5 Å². The molecule has 20 heavy (non-hydrogen) atoms. The van der Waals surface area contributed by atoms with Crippen LogP contribution in [0.1, 0.15) is 12.6 Å². The van der Waals surface area contributed by atoms with Crippen molar-refractivity contribution in [1.29, 1.82) is 0 Å². The molecule has 0 aromatic carbocycles. The van der Waals surface area contributed by atoms with E-state index >= 15 is 0 Å². The third-order valence-electron chi connectivity index (χ3n) is 2.57. The Balaban J connectivity index is 2.55. The molecule has 1 heterocycles. The van der Waals surface area contributed by atoms with Gasteiger partial charge < -0.3 is 26.0 Å². The monoisotopic (exact) mass is 283 g/mol. The molecule has 5 N–H and O–H groups in total. The van der Waals surface area contributed by atoms with Crippen molar-refractivity contribution in [3.63, 3.8) is 0 Å². The molecule has 0 radical (unpaired) electrons. The quantitative estimate of drug-likeness (QED) is 0.448. The SMILES string of the molecule is CNC(=O)C(C)NC(=O)N[C@H](Cc1cnc[nH]1)C(=O)O. The number of amides is 3. The molecule has 1 unspecified atom stereocenters. The molecular weight excluding hydrogens is 266 g/mol. The fourth-order valence-corrected chi connectivity index (χ4v) is 1.49. The van der Waals surface area contributed by atoms with Crippen molar-refractivity contribution in [1.82, 2.24) is 25.9 Å². The van der Waals surface area contributed by atoms with Gasteiger partial charge in [-0.2, -0.15) is 0 Å². The molecule has 1 aromatic rings. The molecule has 110 valence electrons. The number of urea groups is 1. The zero-order chi connectivity index (χ0) is 15.1. The number of aromatic amines is 1. The van der Waals surface area contributed by atoms with Gasteiger partial charge in [-0.1, -0.05) is 0 Å². The number of hydrogen-bond acceptors (Lipinski definition) is 4. The highest BCUT2D eigenvalue weighted by molar-refractivity contribution is 5.88. The zero-order valence-electron chi connectivity index (χ0n) is 11.1. The van der Waals surface area contributed by atoms with Crippen molar-refractivity contribution in [2.24, 2.45) is 0 Å². The first kappa shape index (κ1) is 15.5. The normalized spacial score (nSPS) is 13.1. The number of hydrogen-bond donors (Lipinski definition) is 5. The summed E-state index contributed by atoms with van der Waals surface area (Å²) in [7, 11) is 1.44. The standard InChI is InChI=1S/C11H17N5O4/c1-6(9(17)12-2)15-11(20)16-8(10(18)19)3-7-4-13-5-14-7/h4-6,8H,3H2,1-2H3,(H,12,17)(H,13,14)(H,18,19)(H2,15,16,20)/t6?,8-/m1/s1. The van der Waals surface area contributed by atoms with E-state index in [1.54, 1.807) is 0 Å². The first-order valence-corrected chi connectivity index (χ1v) is 5.92. The number of aliphatic carboxylic acids is 1. The van der Waals surface area contributed by atoms with Gasteiger partial charge in [0, 0.05) is 25.4 Å². The van der Waals surface area contributed by atoms with Crippen LogP contribution >= 0.6 is 0 Å². The Morgan fingerprint density at radius 1 is 1.40 bits per heavy atom. The lowest BCUT2D eigenvalue weighted by atomic mass is 10.1. The van der Waals surface area contributed by atoms with Crippen molar-refractivity contribution in [3.05, 3.63) is 18.2 Å². The molecule has 0 aliphatic heterocycles. The molecule has 1 rings (SSSR count). The number of carbonyl (C=O) groups is 3. The average Bonchev–Trinajstić information content (AvgIpc) is 2.89. The summed E-state index contributed by atoms with van der Waals surface area (Å²) in [5, 5.41) is 16.1. The lowest BCUT2D eigenvalue weighted by molar-refractivity contribution is -0.139. The van der Waals surface area contributed by atoms with Crippen LogP contribution in [0, 0.1) is 0 Å². The van der Waals surface area contributed by atoms with Crippen LogP contribution in [-0.2, 0) is 16.0 Å². The van der Waals surface area contributed by atoms with E-state index in [2.05, 4.69) is 25.9 Å². The third-order valence-corrected chi connectivity index (χ3v) is 2.57. The summed E-state index contributed by atoms with van der Waals surface area (Å²) in [4.78, 5) is 40.5. The van der Waals surface area contributed by atoms with Gasteiger partial charge in [0.2, 0.25) is 5.91 Å². The van der Waals surface area contributed by atoms with Crippen LogP contribution in [0.3, 0.4) is 0 Å². The van der Waals surface area contributed by atoms with Gasteiger partial charge >= 0.3 is 12.0 Å². The molecule has 3 amide bonds. The Morgan fingerprint density at radius 3 is 2.60 bits per heavy atom. The van der Waals surface area contributed by atoms with E-state index in [-0.39, 0.29) is 12.3 Å². The van der Waals surface area contributed by atoms with Gasteiger partial charge in [0.1, 0.15) is 12.1 Å². The molecule has 0 aliphatic carbocycles. The summed E-state index contributed by atoms with van der Waals surface area (Å²) in [6.07, 6.45) is 2.96. The lowest BCUT2D eigenvalue weighted by Gasteiger charge is -2.17. The van der Waals surface area contributed by atoms with Crippen LogP contribution in [0.15, 0.2) is 12.5 Å². The van der Waals surface area contributed by atoms with Crippen LogP contribution < -0.4 is 16.0 Å². The maximum absolute atomic E-state index is 11.6. The highest BCUT2D eigenvalue weighted by Crippen LogP contribution is 1.99. The van der Waals surface area contributed by atoms with E-state index < -0.39 is 24.1 Å². The van der Waals surface area contributed by atoms with Gasteiger partial charge in [-0.3, -0.25) is 4.79 Å². The minimum Gasteiger partial charge on any atom is -0.480 e. The number of likely N-dealkylation sites (N-methyl/N-ethyl adjacent to an activating group) is 1. The first-order valence-electron chi connectivity index (χ1n) is 5.92. The topological polar surface area (TPSA) is 136 Å². The molecule has 9 heteroatoms. The number of aromatic nitrogens is 2. The van der Waals surface area contributed by atoms with Gasteiger partial charge in [0.25, 0.3) is 0 Å². The third kappa shape index (κ3) is 4.59. The van der Waals surface area contributed by atoms with Gasteiger partial charge in [-0.25, -0.2) is 14.6 Å². The highest BCUT2D eigenvalue weighted by atomic mass is 16.4. The summed E-state index contributed by atoms with van der Waals surface area (Å²) in [6, 6.07) is -2.61. The predicted octanol–water partition coefficient (Wildman–Crippen LogP) is -1.16. The summed E-state index contributed by atoms with van der Waals surface area (Å²) < 4.78 is 0. The molecule has 0 fully saturated rings. The Hall–Kier alpha value is -2.58. The molecule has 0 saturated heterocycles. The largest absolute Gasteiger partial charge is 0.480 e. The average molecular weight is 283 g/mol. The summed E-state index contributed by atoms with van der Waals surface area (Å²) >= 11 is 0. The zero-order valence-corrected chi connectivity index (χ0v) is 11.1. The highest BCUT2D eigenvalue weighted by Gasteiger charge is 2.22. The van der Waals surface area contributed by atoms with Crippen LogP contribution in [0.25, 0.3) is 0 Å². The Kier molecular flexibility index (Phi) is 5.51. The van der Waals surface area contributed by atoms with Crippen molar-refractivity contribution in [3.8, 4) is 0 Å². The van der Waals surface area contributed by atoms with E-state index in [9.17, 15) is 14.4 Å². The van der Waals surface area contributed by atoms with Crippen molar-refractivity contribution in [2.75, 3.05) is 7.05 Å². The molecule has 0 saturated carbocycles. The molecular formula is C11H17N5O4. The molecule has 0 aliphatic rings. The number of imidazole rings is 1. The van der Waals surface area contributed by atoms with Crippen molar-refractivity contribution in [2.45, 2.75) is 25.4 Å². The van der Waals surface area contributed by atoms with E-state index in [4.69, 9.17) is 5.11 Å². The summed E-state index contributed by atoms with van der Waals surface area (Å²) in [5.74, 6) is -1.55. The van der Waals surface area contributed by atoms with E-state index in [1.165, 1.54) is 26.5 Å². The molecule has 9 nitrogen and oxygen atoms in total. The number of carboxylic acid groups (broad SMARTS) is 1. The van der Waals surface area contributed by atoms with Crippen LogP contribution in [-0.4, -0.2) is 52.1 Å². The number of rotatable bonds is 6. The van der Waals surface area contributed by atoms with Crippen LogP contribution in [0.5, 0.6) is 0 Å². The van der Waals surface area contributed by atoms with Gasteiger partial charge in [0.15, 0.2) is 0 Å². The smallest absolute Gasteiger partial charge is 0.326 e. The van der Waals surface area contributed by atoms with E-state index in [0.717, 1.165) is 0 Å². The van der Waals surface area contributed by atoms with E-state index in [0.29, 0.717) is 5.69 Å². The van der Waals surface area contributed by atoms with Gasteiger partial charge in [-0.05, 0) is 6.92 Å². The van der Waals surface area contributed by atoms with Gasteiger partial charge in [0.05, 0.1) is 6.33 Å². The fraction of sp³-hybridized carbons (Fsp3) is 0.455. The van der Waals surface area contributed by atoms with Crippen molar-refractivity contribution >= 4 is 17.9 Å². The number of nitrogens with one attached hydrogen (secondary N) is 4. The minimum atomic E-state index is -1.18. The molecule has 2 atom stereocenters. The second-order valence-electron chi connectivity index (χ2n) is 4.13. The van der Waals surface area contributed by atoms with Crippen LogP contribution in [0.4, 0.5) is 4.79 Å². The summed E-state index contributed by atoms with van der Waals surface area (Å²) in [6.45, 7) is 1.49. The van der Waals surface area contributed by atoms with Gasteiger partial charge in [-0.15, -0.1) is 0 Å². The number of carboxylic acids is 1. The predicted molar refractivity (Wildman–Crippen MR) is 68.9 cm³/mol. The minimum absolute atomic E-state index is 0.0666. The maximum atomic E-state index is 11.6. The summed E-state index contributed by atoms with van der Waals surface area (Å²) in [5.41, 5.74) is 0.581. The molecule has 0 bridgehead atoms. The second-order valence-corrected chi connectivity index (χ2v) is 4.13. The number of nitrogens with zero attached hydrogens (tertiary/aromatic N) is 1. The lowest BCUT2D eigenvalue weighted by Crippen LogP contribution is -2.52. The fourth-order valence-electron chi connectivity index (χ4n) is 1.49. The molecule has 1 aromatic heterocycles. The van der Waals surface area contributed by atoms with E-state index in [1.807, 2.05) is 0 Å².